The summed E-state index contributed by atoms with van der Waals surface area (Å²) in [5.74, 6) is 2.31. The molecule has 1 saturated heterocycles. The highest BCUT2D eigenvalue weighted by atomic mass is 16.5. The molecule has 1 fully saturated rings. The Morgan fingerprint density at radius 1 is 1.16 bits per heavy atom. The number of hydrogen-bond donors (Lipinski definition) is 2. The number of aliphatic hydroxyl groups is 1. The van der Waals surface area contributed by atoms with Gasteiger partial charge in [-0.15, -0.1) is 0 Å². The first-order chi connectivity index (χ1) is 15.4. The summed E-state index contributed by atoms with van der Waals surface area (Å²) >= 11 is 0. The van der Waals surface area contributed by atoms with Gasteiger partial charge in [0, 0.05) is 52.9 Å². The number of aliphatic hydroxyl groups excluding tert-OH is 1. The molecule has 3 N–H and O–H groups in total. The standard InChI is InChI=1S/C25H44N2O5/c1-18(2)20(15-22(26)23(28)17-27-10-9-21(16-27)30-4)13-19-7-8-24(31-5)25(14-19)32-12-6-11-29-3/h7-8,14,18,20-23,28H,6,9-13,15-17,26H2,1-5H3/t20-,21-,22-,23-/m0/s1. The predicted molar refractivity (Wildman–Crippen MR) is 127 cm³/mol. The molecule has 0 spiro atoms. The van der Waals surface area contributed by atoms with Crippen molar-refractivity contribution in [2.75, 3.05) is 54.2 Å². The van der Waals surface area contributed by atoms with Crippen molar-refractivity contribution in [1.29, 1.82) is 0 Å². The van der Waals surface area contributed by atoms with E-state index in [0.29, 0.717) is 31.6 Å². The van der Waals surface area contributed by atoms with Crippen molar-refractivity contribution >= 4 is 0 Å². The molecule has 0 aliphatic carbocycles. The Hall–Kier alpha value is -1.38. The lowest BCUT2D eigenvalue weighted by atomic mass is 9.83. The van der Waals surface area contributed by atoms with Crippen LogP contribution in [0.3, 0.4) is 0 Å². The zero-order chi connectivity index (χ0) is 23.5. The lowest BCUT2D eigenvalue weighted by Crippen LogP contribution is -2.44. The molecule has 0 saturated carbocycles. The molecule has 0 unspecified atom stereocenters. The SMILES string of the molecule is COCCCOc1cc(C[C@@H](C[C@H](N)[C@@H](O)CN2CC[C@H](OC)C2)C(C)C)ccc1OC. The van der Waals surface area contributed by atoms with Crippen LogP contribution in [0.2, 0.25) is 0 Å². The van der Waals surface area contributed by atoms with Crippen LogP contribution < -0.4 is 15.2 Å². The highest BCUT2D eigenvalue weighted by Crippen LogP contribution is 2.31. The molecule has 1 aliphatic heterocycles. The van der Waals surface area contributed by atoms with Crippen LogP contribution in [0.15, 0.2) is 18.2 Å². The molecule has 2 rings (SSSR count). The van der Waals surface area contributed by atoms with Gasteiger partial charge in [0.15, 0.2) is 11.5 Å². The number of β-amino-alcohol motifs (C(OH)–C–C–N with tert-alkyl or cyclic N) is 1. The summed E-state index contributed by atoms with van der Waals surface area (Å²) in [5.41, 5.74) is 7.65. The van der Waals surface area contributed by atoms with E-state index in [9.17, 15) is 5.11 Å². The number of likely N-dealkylation sites (tertiary alicyclic amines) is 1. The molecular weight excluding hydrogens is 408 g/mol. The largest absolute Gasteiger partial charge is 0.493 e. The molecular formula is C25H44N2O5. The van der Waals surface area contributed by atoms with E-state index in [2.05, 4.69) is 30.9 Å². The predicted octanol–water partition coefficient (Wildman–Crippen LogP) is 2.72. The van der Waals surface area contributed by atoms with E-state index in [-0.39, 0.29) is 12.1 Å². The van der Waals surface area contributed by atoms with Crippen molar-refractivity contribution < 1.29 is 24.1 Å². The van der Waals surface area contributed by atoms with Gasteiger partial charge >= 0.3 is 0 Å². The van der Waals surface area contributed by atoms with Crippen molar-refractivity contribution in [3.05, 3.63) is 23.8 Å². The first-order valence-electron chi connectivity index (χ1n) is 11.8. The minimum atomic E-state index is -0.539. The molecule has 184 valence electrons. The van der Waals surface area contributed by atoms with Gasteiger partial charge in [0.2, 0.25) is 0 Å². The Morgan fingerprint density at radius 2 is 1.94 bits per heavy atom. The first-order valence-corrected chi connectivity index (χ1v) is 11.8. The lowest BCUT2D eigenvalue weighted by molar-refractivity contribution is 0.0727. The maximum atomic E-state index is 10.7. The quantitative estimate of drug-likeness (QED) is 0.396. The van der Waals surface area contributed by atoms with Crippen LogP contribution in [0.5, 0.6) is 11.5 Å². The molecule has 0 radical (unpaired) electrons. The van der Waals surface area contributed by atoms with Crippen molar-refractivity contribution in [2.45, 2.75) is 57.8 Å². The van der Waals surface area contributed by atoms with Crippen molar-refractivity contribution in [3.8, 4) is 11.5 Å². The van der Waals surface area contributed by atoms with E-state index >= 15 is 0 Å². The summed E-state index contributed by atoms with van der Waals surface area (Å²) in [6, 6.07) is 5.87. The Labute approximate surface area is 194 Å². The molecule has 1 aromatic carbocycles. The number of benzene rings is 1. The number of methoxy groups -OCH3 is 3. The molecule has 0 aromatic heterocycles. The molecule has 32 heavy (non-hydrogen) atoms. The lowest BCUT2D eigenvalue weighted by Gasteiger charge is -2.29. The smallest absolute Gasteiger partial charge is 0.161 e. The molecule has 7 nitrogen and oxygen atoms in total. The minimum Gasteiger partial charge on any atom is -0.493 e. The average molecular weight is 453 g/mol. The Bertz CT molecular complexity index is 657. The Kier molecular flexibility index (Phi) is 11.8. The normalized spacial score (nSPS) is 19.8. The summed E-state index contributed by atoms with van der Waals surface area (Å²) in [4.78, 5) is 2.25. The van der Waals surface area contributed by atoms with Crippen molar-refractivity contribution in [2.24, 2.45) is 17.6 Å². The topological polar surface area (TPSA) is 86.4 Å². The molecule has 4 atom stereocenters. The third-order valence-electron chi connectivity index (χ3n) is 6.50. The van der Waals surface area contributed by atoms with Gasteiger partial charge in [0.05, 0.1) is 25.9 Å². The summed E-state index contributed by atoms with van der Waals surface area (Å²) in [6.45, 7) is 8.12. The number of nitrogens with two attached hydrogens (primary N) is 1. The van der Waals surface area contributed by atoms with Gasteiger partial charge < -0.3 is 29.8 Å². The summed E-state index contributed by atoms with van der Waals surface area (Å²) in [7, 11) is 5.10. The van der Waals surface area contributed by atoms with E-state index in [1.165, 1.54) is 5.56 Å². The summed E-state index contributed by atoms with van der Waals surface area (Å²) in [6.07, 6.45) is 3.22. The Morgan fingerprint density at radius 3 is 2.56 bits per heavy atom. The van der Waals surface area contributed by atoms with Gasteiger partial charge in [-0.25, -0.2) is 0 Å². The van der Waals surface area contributed by atoms with E-state index in [4.69, 9.17) is 24.7 Å². The molecule has 0 amide bonds. The van der Waals surface area contributed by atoms with Gasteiger partial charge in [-0.05, 0) is 48.8 Å². The first kappa shape index (κ1) is 26.9. The van der Waals surface area contributed by atoms with Crippen LogP contribution in [0.25, 0.3) is 0 Å². The second kappa shape index (κ2) is 14.0. The third kappa shape index (κ3) is 8.52. The third-order valence-corrected chi connectivity index (χ3v) is 6.50. The van der Waals surface area contributed by atoms with Crippen LogP contribution in [-0.4, -0.2) is 82.4 Å². The summed E-state index contributed by atoms with van der Waals surface area (Å²) in [5, 5.41) is 10.7. The van der Waals surface area contributed by atoms with E-state index in [1.54, 1.807) is 21.3 Å². The summed E-state index contributed by atoms with van der Waals surface area (Å²) < 4.78 is 21.9. The fourth-order valence-corrected chi connectivity index (χ4v) is 4.30. The number of ether oxygens (including phenoxy) is 4. The van der Waals surface area contributed by atoms with Crippen molar-refractivity contribution in [1.82, 2.24) is 4.90 Å². The second-order valence-electron chi connectivity index (χ2n) is 9.26. The minimum absolute atomic E-state index is 0.257. The van der Waals surface area contributed by atoms with Gasteiger partial charge in [-0.2, -0.15) is 0 Å². The van der Waals surface area contributed by atoms with Gasteiger partial charge in [0.25, 0.3) is 0 Å². The van der Waals surface area contributed by atoms with E-state index in [0.717, 1.165) is 50.3 Å². The van der Waals surface area contributed by atoms with E-state index in [1.807, 2.05) is 6.07 Å². The molecule has 7 heteroatoms. The number of hydrogen-bond acceptors (Lipinski definition) is 7. The monoisotopic (exact) mass is 452 g/mol. The van der Waals surface area contributed by atoms with E-state index < -0.39 is 6.10 Å². The molecule has 1 aliphatic rings. The molecule has 1 aromatic rings. The van der Waals surface area contributed by atoms with Gasteiger partial charge in [0.1, 0.15) is 0 Å². The zero-order valence-corrected chi connectivity index (χ0v) is 20.6. The zero-order valence-electron chi connectivity index (χ0n) is 20.6. The number of rotatable bonds is 15. The van der Waals surface area contributed by atoms with Crippen molar-refractivity contribution in [3.63, 3.8) is 0 Å². The Balaban J connectivity index is 1.95. The average Bonchev–Trinajstić information content (AvgIpc) is 3.23. The maximum absolute atomic E-state index is 10.7. The highest BCUT2D eigenvalue weighted by molar-refractivity contribution is 5.43. The van der Waals surface area contributed by atoms with Gasteiger partial charge in [-0.3, -0.25) is 4.90 Å². The second-order valence-corrected chi connectivity index (χ2v) is 9.26. The fourth-order valence-electron chi connectivity index (χ4n) is 4.30. The fraction of sp³-hybridized carbons (Fsp3) is 0.760. The maximum Gasteiger partial charge on any atom is 0.161 e. The van der Waals surface area contributed by atoms with Crippen LogP contribution >= 0.6 is 0 Å². The van der Waals surface area contributed by atoms with Crippen LogP contribution in [0.1, 0.15) is 38.7 Å². The van der Waals surface area contributed by atoms with Crippen LogP contribution in [0.4, 0.5) is 0 Å². The number of nitrogens with zero attached hydrogens (tertiary/aromatic N) is 1. The van der Waals surface area contributed by atoms with Crippen LogP contribution in [0, 0.1) is 11.8 Å². The highest BCUT2D eigenvalue weighted by Gasteiger charge is 2.28. The van der Waals surface area contributed by atoms with Gasteiger partial charge in [-0.1, -0.05) is 19.9 Å². The van der Waals surface area contributed by atoms with Crippen LogP contribution in [-0.2, 0) is 15.9 Å². The molecule has 0 bridgehead atoms. The molecule has 1 heterocycles.